The highest BCUT2D eigenvalue weighted by Gasteiger charge is 2.15. The van der Waals surface area contributed by atoms with Crippen LogP contribution in [-0.4, -0.2) is 28.2 Å². The van der Waals surface area contributed by atoms with Crippen molar-refractivity contribution < 1.29 is 14.6 Å². The zero-order valence-corrected chi connectivity index (χ0v) is 11.7. The minimum atomic E-state index is -1.01. The number of ether oxygens (including phenoxy) is 1. The maximum Gasteiger partial charge on any atom is 0.339 e. The Bertz CT molecular complexity index is 654. The minimum Gasteiger partial charge on any atom is -0.496 e. The molecule has 2 aromatic rings. The number of benzene rings is 1. The van der Waals surface area contributed by atoms with E-state index in [1.165, 1.54) is 6.20 Å². The summed E-state index contributed by atoms with van der Waals surface area (Å²) in [6.45, 7) is 3.84. The van der Waals surface area contributed by atoms with E-state index in [0.29, 0.717) is 23.7 Å². The second-order valence-corrected chi connectivity index (χ2v) is 4.42. The molecule has 2 rings (SSSR count). The molecule has 1 N–H and O–H groups in total. The van der Waals surface area contributed by atoms with Gasteiger partial charge in [-0.2, -0.15) is 0 Å². The average molecular weight is 272 g/mol. The third kappa shape index (κ3) is 2.61. The number of nitrogens with zero attached hydrogens (tertiary/aromatic N) is 2. The van der Waals surface area contributed by atoms with Crippen LogP contribution in [0.4, 0.5) is 0 Å². The molecule has 1 aromatic heterocycles. The maximum atomic E-state index is 11.1. The van der Waals surface area contributed by atoms with E-state index in [1.54, 1.807) is 7.11 Å². The molecule has 0 bridgehead atoms. The smallest absolute Gasteiger partial charge is 0.339 e. The highest BCUT2D eigenvalue weighted by molar-refractivity contribution is 5.88. The fraction of sp³-hybridized carbons (Fsp3) is 0.267. The number of aryl methyl sites for hydroxylation is 2. The van der Waals surface area contributed by atoms with Gasteiger partial charge in [0, 0.05) is 6.20 Å². The SMILES string of the molecule is CCc1nc(-c2ccc(C)cc2OC)ncc1C(=O)O. The van der Waals surface area contributed by atoms with E-state index in [4.69, 9.17) is 9.84 Å². The first-order valence-corrected chi connectivity index (χ1v) is 6.31. The topological polar surface area (TPSA) is 72.3 Å². The lowest BCUT2D eigenvalue weighted by Gasteiger charge is -2.10. The molecule has 0 amide bonds. The Morgan fingerprint density at radius 1 is 1.40 bits per heavy atom. The molecular weight excluding hydrogens is 256 g/mol. The Kier molecular flexibility index (Phi) is 3.98. The van der Waals surface area contributed by atoms with Gasteiger partial charge in [0.2, 0.25) is 0 Å². The molecule has 0 radical (unpaired) electrons. The van der Waals surface area contributed by atoms with E-state index in [2.05, 4.69) is 9.97 Å². The van der Waals surface area contributed by atoms with Crippen molar-refractivity contribution in [3.05, 3.63) is 41.2 Å². The summed E-state index contributed by atoms with van der Waals surface area (Å²) in [5.74, 6) is 0.142. The van der Waals surface area contributed by atoms with Gasteiger partial charge in [0.25, 0.3) is 0 Å². The van der Waals surface area contributed by atoms with Crippen LogP contribution in [0.3, 0.4) is 0 Å². The molecule has 0 spiro atoms. The lowest BCUT2D eigenvalue weighted by atomic mass is 10.1. The summed E-state index contributed by atoms with van der Waals surface area (Å²) in [6.07, 6.45) is 1.88. The Hall–Kier alpha value is -2.43. The normalized spacial score (nSPS) is 10.3. The van der Waals surface area contributed by atoms with Crippen LogP contribution in [0.15, 0.2) is 24.4 Å². The number of methoxy groups -OCH3 is 1. The Morgan fingerprint density at radius 3 is 2.75 bits per heavy atom. The highest BCUT2D eigenvalue weighted by atomic mass is 16.5. The van der Waals surface area contributed by atoms with Crippen LogP contribution in [0.25, 0.3) is 11.4 Å². The van der Waals surface area contributed by atoms with Gasteiger partial charge < -0.3 is 9.84 Å². The maximum absolute atomic E-state index is 11.1. The van der Waals surface area contributed by atoms with Crippen LogP contribution in [0, 0.1) is 6.92 Å². The average Bonchev–Trinajstić information content (AvgIpc) is 2.46. The Balaban J connectivity index is 2.56. The number of carbonyl (C=O) groups is 1. The van der Waals surface area contributed by atoms with Gasteiger partial charge >= 0.3 is 5.97 Å². The van der Waals surface area contributed by atoms with E-state index in [0.717, 1.165) is 11.1 Å². The van der Waals surface area contributed by atoms with Crippen LogP contribution < -0.4 is 4.74 Å². The van der Waals surface area contributed by atoms with Crippen molar-refractivity contribution in [2.24, 2.45) is 0 Å². The van der Waals surface area contributed by atoms with Crippen LogP contribution in [0.5, 0.6) is 5.75 Å². The molecule has 0 saturated carbocycles. The molecule has 104 valence electrons. The molecule has 0 unspecified atom stereocenters. The fourth-order valence-corrected chi connectivity index (χ4v) is 1.98. The second kappa shape index (κ2) is 5.69. The van der Waals surface area contributed by atoms with Gasteiger partial charge in [-0.3, -0.25) is 0 Å². The lowest BCUT2D eigenvalue weighted by molar-refractivity contribution is 0.0694. The second-order valence-electron chi connectivity index (χ2n) is 4.42. The number of hydrogen-bond donors (Lipinski definition) is 1. The van der Waals surface area contributed by atoms with E-state index >= 15 is 0 Å². The zero-order chi connectivity index (χ0) is 14.7. The fourth-order valence-electron chi connectivity index (χ4n) is 1.98. The summed E-state index contributed by atoms with van der Waals surface area (Å²) < 4.78 is 5.34. The highest BCUT2D eigenvalue weighted by Crippen LogP contribution is 2.28. The van der Waals surface area contributed by atoms with Gasteiger partial charge in [-0.15, -0.1) is 0 Å². The lowest BCUT2D eigenvalue weighted by Crippen LogP contribution is -2.07. The number of aromatic nitrogens is 2. The molecule has 0 fully saturated rings. The van der Waals surface area contributed by atoms with Gasteiger partial charge in [0.15, 0.2) is 5.82 Å². The summed E-state index contributed by atoms with van der Waals surface area (Å²) in [6, 6.07) is 5.72. The van der Waals surface area contributed by atoms with Crippen molar-refractivity contribution in [3.8, 4) is 17.1 Å². The Labute approximate surface area is 117 Å². The molecule has 0 aliphatic rings. The Morgan fingerprint density at radius 2 is 2.15 bits per heavy atom. The first kappa shape index (κ1) is 14.0. The predicted octanol–water partition coefficient (Wildman–Crippen LogP) is 2.72. The van der Waals surface area contributed by atoms with Crippen molar-refractivity contribution >= 4 is 5.97 Å². The van der Waals surface area contributed by atoms with Gasteiger partial charge in [-0.1, -0.05) is 13.0 Å². The van der Waals surface area contributed by atoms with Gasteiger partial charge in [0.05, 0.1) is 23.9 Å². The molecule has 5 heteroatoms. The quantitative estimate of drug-likeness (QED) is 0.926. The molecule has 5 nitrogen and oxygen atoms in total. The monoisotopic (exact) mass is 272 g/mol. The standard InChI is InChI=1S/C15H16N2O3/c1-4-12-11(15(18)19)8-16-14(17-12)10-6-5-9(2)7-13(10)20-3/h5-8H,4H2,1-3H3,(H,18,19). The molecule has 20 heavy (non-hydrogen) atoms. The summed E-state index contributed by atoms with van der Waals surface area (Å²) >= 11 is 0. The third-order valence-electron chi connectivity index (χ3n) is 3.03. The number of hydrogen-bond acceptors (Lipinski definition) is 4. The number of carboxylic acid groups (broad SMARTS) is 1. The summed E-state index contributed by atoms with van der Waals surface area (Å²) in [5.41, 5.74) is 2.49. The minimum absolute atomic E-state index is 0.141. The first-order valence-electron chi connectivity index (χ1n) is 6.31. The molecule has 1 heterocycles. The number of carboxylic acids is 1. The van der Waals surface area contributed by atoms with E-state index < -0.39 is 5.97 Å². The predicted molar refractivity (Wildman–Crippen MR) is 75.1 cm³/mol. The molecule has 1 aromatic carbocycles. The van der Waals surface area contributed by atoms with Gasteiger partial charge in [0.1, 0.15) is 5.75 Å². The van der Waals surface area contributed by atoms with Gasteiger partial charge in [-0.25, -0.2) is 14.8 Å². The number of aromatic carboxylic acids is 1. The van der Waals surface area contributed by atoms with E-state index in [9.17, 15) is 4.79 Å². The molecule has 0 atom stereocenters. The summed E-state index contributed by atoms with van der Waals surface area (Å²) in [5, 5.41) is 9.09. The van der Waals surface area contributed by atoms with Crippen LogP contribution >= 0.6 is 0 Å². The van der Waals surface area contributed by atoms with Crippen LogP contribution in [0.2, 0.25) is 0 Å². The van der Waals surface area contributed by atoms with Crippen molar-refractivity contribution in [3.63, 3.8) is 0 Å². The summed E-state index contributed by atoms with van der Waals surface area (Å²) in [7, 11) is 1.59. The van der Waals surface area contributed by atoms with Crippen molar-refractivity contribution in [2.45, 2.75) is 20.3 Å². The van der Waals surface area contributed by atoms with E-state index in [1.807, 2.05) is 32.0 Å². The third-order valence-corrected chi connectivity index (χ3v) is 3.03. The van der Waals surface area contributed by atoms with Crippen LogP contribution in [-0.2, 0) is 6.42 Å². The first-order chi connectivity index (χ1) is 9.56. The number of rotatable bonds is 4. The molecular formula is C15H16N2O3. The van der Waals surface area contributed by atoms with Crippen molar-refractivity contribution in [1.82, 2.24) is 9.97 Å². The molecule has 0 aliphatic carbocycles. The van der Waals surface area contributed by atoms with Gasteiger partial charge in [-0.05, 0) is 31.0 Å². The zero-order valence-electron chi connectivity index (χ0n) is 11.7. The summed E-state index contributed by atoms with van der Waals surface area (Å²) in [4.78, 5) is 19.6. The van der Waals surface area contributed by atoms with Crippen molar-refractivity contribution in [1.29, 1.82) is 0 Å². The van der Waals surface area contributed by atoms with Crippen LogP contribution in [0.1, 0.15) is 28.5 Å². The van der Waals surface area contributed by atoms with E-state index in [-0.39, 0.29) is 5.56 Å². The largest absolute Gasteiger partial charge is 0.496 e. The molecule has 0 aliphatic heterocycles. The van der Waals surface area contributed by atoms with Crippen molar-refractivity contribution in [2.75, 3.05) is 7.11 Å². The molecule has 0 saturated heterocycles.